The third-order valence-electron chi connectivity index (χ3n) is 3.81. The van der Waals surface area contributed by atoms with Crippen LogP contribution in [0.15, 0.2) is 24.4 Å². The first-order chi connectivity index (χ1) is 13.0. The van der Waals surface area contributed by atoms with Gasteiger partial charge < -0.3 is 25.0 Å². The molecule has 1 amide bonds. The van der Waals surface area contributed by atoms with Crippen molar-refractivity contribution in [2.45, 2.75) is 0 Å². The Balaban J connectivity index is 1.69. The fourth-order valence-corrected chi connectivity index (χ4v) is 3.57. The predicted molar refractivity (Wildman–Crippen MR) is 95.5 cm³/mol. The molecule has 0 radical (unpaired) electrons. The lowest BCUT2D eigenvalue weighted by atomic mass is 10.2. The maximum absolute atomic E-state index is 12.0. The van der Waals surface area contributed by atoms with E-state index >= 15 is 0 Å². The van der Waals surface area contributed by atoms with E-state index in [0.717, 1.165) is 5.56 Å². The summed E-state index contributed by atoms with van der Waals surface area (Å²) in [6.07, 6.45) is 1.36. The van der Waals surface area contributed by atoms with E-state index in [1.165, 1.54) is 17.5 Å². The average Bonchev–Trinajstić information content (AvgIpc) is 3.11. The van der Waals surface area contributed by atoms with E-state index in [-0.39, 0.29) is 11.4 Å². The Kier molecular flexibility index (Phi) is 4.24. The van der Waals surface area contributed by atoms with Gasteiger partial charge in [-0.25, -0.2) is 9.97 Å². The number of carboxylic acid groups (broad SMARTS) is 1. The molecule has 0 unspecified atom stereocenters. The minimum atomic E-state index is -1.19. The number of hydrogen-bond acceptors (Lipinski definition) is 8. The van der Waals surface area contributed by atoms with Crippen molar-refractivity contribution in [1.29, 1.82) is 0 Å². The van der Waals surface area contributed by atoms with Gasteiger partial charge in [0.25, 0.3) is 5.91 Å². The Morgan fingerprint density at radius 3 is 2.78 bits per heavy atom. The first-order valence-electron chi connectivity index (χ1n) is 7.91. The van der Waals surface area contributed by atoms with Crippen molar-refractivity contribution in [3.8, 4) is 27.8 Å². The second-order valence-electron chi connectivity index (χ2n) is 5.62. The number of ether oxygens (including phenoxy) is 2. The summed E-state index contributed by atoms with van der Waals surface area (Å²) >= 11 is 1.19. The Hall–Kier alpha value is -3.40. The Labute approximate surface area is 156 Å². The van der Waals surface area contributed by atoms with Crippen molar-refractivity contribution in [2.24, 2.45) is 0 Å². The summed E-state index contributed by atoms with van der Waals surface area (Å²) in [6.45, 7) is 0.401. The third kappa shape index (κ3) is 3.22. The summed E-state index contributed by atoms with van der Waals surface area (Å²) in [5.74, 6) is -1.02. The number of carboxylic acids is 1. The fraction of sp³-hybridized carbons (Fsp3) is 0.176. The standard InChI is InChI=1S/C17H13N3O6S/c21-12(22)7-19-16(24)13-14(23)15-9(6-18-13)20-17(27-15)8-1-2-10-11(5-8)26-4-3-25-10/h1-2,5-6,23H,3-4,7H2,(H,19,24)(H,21,22). The molecule has 9 nitrogen and oxygen atoms in total. The van der Waals surface area contributed by atoms with E-state index in [1.54, 1.807) is 12.1 Å². The highest BCUT2D eigenvalue weighted by atomic mass is 32.1. The number of hydrogen-bond donors (Lipinski definition) is 3. The van der Waals surface area contributed by atoms with Crippen LogP contribution < -0.4 is 14.8 Å². The van der Waals surface area contributed by atoms with Crippen molar-refractivity contribution >= 4 is 33.4 Å². The van der Waals surface area contributed by atoms with Crippen LogP contribution in [0.25, 0.3) is 20.8 Å². The van der Waals surface area contributed by atoms with E-state index in [0.29, 0.717) is 39.9 Å². The van der Waals surface area contributed by atoms with Gasteiger partial charge in [0.1, 0.15) is 35.0 Å². The van der Waals surface area contributed by atoms with Gasteiger partial charge in [-0.2, -0.15) is 0 Å². The summed E-state index contributed by atoms with van der Waals surface area (Å²) < 4.78 is 11.5. The van der Waals surface area contributed by atoms with Crippen LogP contribution in [0, 0.1) is 0 Å². The van der Waals surface area contributed by atoms with E-state index < -0.39 is 18.4 Å². The van der Waals surface area contributed by atoms with Gasteiger partial charge in [-0.1, -0.05) is 0 Å². The molecule has 0 atom stereocenters. The predicted octanol–water partition coefficient (Wildman–Crippen LogP) is 1.65. The summed E-state index contributed by atoms with van der Waals surface area (Å²) in [6, 6.07) is 5.42. The molecule has 1 aromatic carbocycles. The van der Waals surface area contributed by atoms with Crippen LogP contribution in [0.2, 0.25) is 0 Å². The van der Waals surface area contributed by atoms with E-state index in [4.69, 9.17) is 14.6 Å². The van der Waals surface area contributed by atoms with Crippen molar-refractivity contribution in [3.05, 3.63) is 30.1 Å². The molecule has 3 aromatic rings. The lowest BCUT2D eigenvalue weighted by molar-refractivity contribution is -0.135. The number of nitrogens with one attached hydrogen (secondary N) is 1. The van der Waals surface area contributed by atoms with Crippen molar-refractivity contribution < 1.29 is 29.3 Å². The minimum Gasteiger partial charge on any atom is -0.504 e. The van der Waals surface area contributed by atoms with Crippen molar-refractivity contribution in [1.82, 2.24) is 15.3 Å². The quantitative estimate of drug-likeness (QED) is 0.616. The largest absolute Gasteiger partial charge is 0.504 e. The lowest BCUT2D eigenvalue weighted by Crippen LogP contribution is -2.29. The highest BCUT2D eigenvalue weighted by molar-refractivity contribution is 7.22. The number of amides is 1. The Morgan fingerprint density at radius 1 is 1.22 bits per heavy atom. The molecule has 0 saturated carbocycles. The zero-order valence-corrected chi connectivity index (χ0v) is 14.6. The summed E-state index contributed by atoms with van der Waals surface area (Å²) in [7, 11) is 0. The number of thiazole rings is 1. The zero-order chi connectivity index (χ0) is 19.0. The first-order valence-corrected chi connectivity index (χ1v) is 8.73. The number of aromatic hydroxyl groups is 1. The topological polar surface area (TPSA) is 131 Å². The number of aromatic nitrogens is 2. The SMILES string of the molecule is O=C(O)CNC(=O)c1ncc2nc(-c3ccc4c(c3)OCCO4)sc2c1O. The summed E-state index contributed by atoms with van der Waals surface area (Å²) in [5, 5.41) is 21.8. The number of pyridine rings is 1. The molecule has 3 N–H and O–H groups in total. The molecule has 138 valence electrons. The van der Waals surface area contributed by atoms with Crippen LogP contribution in [-0.4, -0.2) is 51.8 Å². The number of nitrogens with zero attached hydrogens (tertiary/aromatic N) is 2. The average molecular weight is 387 g/mol. The molecule has 1 aliphatic rings. The van der Waals surface area contributed by atoms with Crippen LogP contribution in [0.5, 0.6) is 17.2 Å². The van der Waals surface area contributed by atoms with Crippen LogP contribution in [0.1, 0.15) is 10.5 Å². The Morgan fingerprint density at radius 2 is 2.00 bits per heavy atom. The first kappa shape index (κ1) is 17.0. The molecule has 2 aromatic heterocycles. The number of carbonyl (C=O) groups excluding carboxylic acids is 1. The second-order valence-corrected chi connectivity index (χ2v) is 6.62. The van der Waals surface area contributed by atoms with Gasteiger partial charge in [0.2, 0.25) is 0 Å². The highest BCUT2D eigenvalue weighted by Crippen LogP contribution is 2.39. The molecular formula is C17H13N3O6S. The Bertz CT molecular complexity index is 1060. The molecule has 0 saturated heterocycles. The molecule has 0 bridgehead atoms. The molecule has 3 heterocycles. The monoisotopic (exact) mass is 387 g/mol. The summed E-state index contributed by atoms with van der Waals surface area (Å²) in [5.41, 5.74) is 0.954. The molecule has 0 aliphatic carbocycles. The van der Waals surface area contributed by atoms with Gasteiger partial charge in [0.05, 0.1) is 6.20 Å². The van der Waals surface area contributed by atoms with Gasteiger partial charge in [-0.05, 0) is 18.2 Å². The number of fused-ring (bicyclic) bond motifs is 2. The highest BCUT2D eigenvalue weighted by Gasteiger charge is 2.20. The maximum Gasteiger partial charge on any atom is 0.322 e. The molecule has 0 fully saturated rings. The molecule has 27 heavy (non-hydrogen) atoms. The molecular weight excluding hydrogens is 374 g/mol. The van der Waals surface area contributed by atoms with Crippen LogP contribution in [-0.2, 0) is 4.79 Å². The molecule has 1 aliphatic heterocycles. The van der Waals surface area contributed by atoms with Gasteiger partial charge in [0.15, 0.2) is 22.9 Å². The minimum absolute atomic E-state index is 0.249. The van der Waals surface area contributed by atoms with Gasteiger partial charge in [-0.3, -0.25) is 9.59 Å². The third-order valence-corrected chi connectivity index (χ3v) is 4.94. The fourth-order valence-electron chi connectivity index (χ4n) is 2.59. The lowest BCUT2D eigenvalue weighted by Gasteiger charge is -2.18. The molecule has 4 rings (SSSR count). The molecule has 10 heteroatoms. The van der Waals surface area contributed by atoms with Crippen LogP contribution >= 0.6 is 11.3 Å². The molecule has 0 spiro atoms. The smallest absolute Gasteiger partial charge is 0.322 e. The van der Waals surface area contributed by atoms with Crippen molar-refractivity contribution in [2.75, 3.05) is 19.8 Å². The second kappa shape index (κ2) is 6.72. The number of aliphatic carboxylic acids is 1. The normalized spacial score (nSPS) is 12.7. The number of rotatable bonds is 4. The van der Waals surface area contributed by atoms with E-state index in [1.807, 2.05) is 6.07 Å². The van der Waals surface area contributed by atoms with Crippen LogP contribution in [0.3, 0.4) is 0 Å². The van der Waals surface area contributed by atoms with E-state index in [2.05, 4.69) is 15.3 Å². The number of benzene rings is 1. The van der Waals surface area contributed by atoms with Gasteiger partial charge in [0, 0.05) is 5.56 Å². The number of carbonyl (C=O) groups is 2. The van der Waals surface area contributed by atoms with E-state index in [9.17, 15) is 14.7 Å². The van der Waals surface area contributed by atoms with Gasteiger partial charge >= 0.3 is 5.97 Å². The van der Waals surface area contributed by atoms with Gasteiger partial charge in [-0.15, -0.1) is 11.3 Å². The van der Waals surface area contributed by atoms with Crippen LogP contribution in [0.4, 0.5) is 0 Å². The zero-order valence-electron chi connectivity index (χ0n) is 13.8. The van der Waals surface area contributed by atoms with Crippen molar-refractivity contribution in [3.63, 3.8) is 0 Å². The maximum atomic E-state index is 12.0. The summed E-state index contributed by atoms with van der Waals surface area (Å²) in [4.78, 5) is 30.9.